The molecule has 4 heteroatoms. The van der Waals surface area contributed by atoms with Gasteiger partial charge in [-0.2, -0.15) is 0 Å². The van der Waals surface area contributed by atoms with E-state index in [1.165, 1.54) is 0 Å². The molecule has 0 atom stereocenters. The van der Waals surface area contributed by atoms with Gasteiger partial charge in [0.2, 0.25) is 0 Å². The number of hydrogen-bond donors (Lipinski definition) is 1. The fourth-order valence-corrected chi connectivity index (χ4v) is 0.982. The molecule has 0 aliphatic rings. The van der Waals surface area contributed by atoms with Crippen LogP contribution in [0.25, 0.3) is 11.3 Å². The van der Waals surface area contributed by atoms with Gasteiger partial charge >= 0.3 is 5.63 Å². The Balaban J connectivity index is 2.59. The lowest BCUT2D eigenvalue weighted by atomic mass is 10.2. The largest absolute Gasteiger partial charge is 0.385 e. The highest BCUT2D eigenvalue weighted by atomic mass is 16.5. The summed E-state index contributed by atoms with van der Waals surface area (Å²) in [6.07, 6.45) is 0. The van der Waals surface area contributed by atoms with Crippen molar-refractivity contribution in [3.63, 3.8) is 0 Å². The Kier molecular flexibility index (Phi) is 1.51. The van der Waals surface area contributed by atoms with Crippen molar-refractivity contribution in [2.45, 2.75) is 0 Å². The summed E-state index contributed by atoms with van der Waals surface area (Å²) in [5.74, 6) is 0. The predicted molar refractivity (Wildman–Crippen MR) is 42.6 cm³/mol. The molecule has 1 aromatic carbocycles. The summed E-state index contributed by atoms with van der Waals surface area (Å²) in [4.78, 5) is 11.0. The number of rotatable bonds is 1. The molecule has 0 saturated carbocycles. The van der Waals surface area contributed by atoms with Crippen molar-refractivity contribution in [3.8, 4) is 11.3 Å². The van der Waals surface area contributed by atoms with E-state index < -0.39 is 5.63 Å². The monoisotopic (exact) mass is 162 g/mol. The quantitative estimate of drug-likeness (QED) is 0.681. The number of nitrogens with one attached hydrogen (secondary N) is 1. The fourth-order valence-electron chi connectivity index (χ4n) is 0.982. The topological polar surface area (TPSA) is 58.9 Å². The summed E-state index contributed by atoms with van der Waals surface area (Å²) < 4.78 is 4.43. The van der Waals surface area contributed by atoms with E-state index in [-0.39, 0.29) is 0 Å². The van der Waals surface area contributed by atoms with E-state index in [2.05, 4.69) is 14.9 Å². The van der Waals surface area contributed by atoms with Gasteiger partial charge in [-0.3, -0.25) is 0 Å². The van der Waals surface area contributed by atoms with E-state index in [4.69, 9.17) is 0 Å². The molecule has 1 heterocycles. The van der Waals surface area contributed by atoms with E-state index >= 15 is 0 Å². The zero-order chi connectivity index (χ0) is 8.39. The molecule has 0 bridgehead atoms. The maximum absolute atomic E-state index is 11.0. The molecule has 60 valence electrons. The number of nitrogens with zero attached hydrogens (tertiary/aromatic N) is 1. The van der Waals surface area contributed by atoms with Crippen LogP contribution in [0.1, 0.15) is 0 Å². The average Bonchev–Trinajstić information content (AvgIpc) is 2.53. The van der Waals surface area contributed by atoms with Gasteiger partial charge in [-0.05, 0) is 0 Å². The highest BCUT2D eigenvalue weighted by molar-refractivity contribution is 5.56. The Labute approximate surface area is 67.8 Å². The molecule has 12 heavy (non-hydrogen) atoms. The molecular formula is C8H6N2O2. The van der Waals surface area contributed by atoms with Gasteiger partial charge < -0.3 is 4.52 Å². The Morgan fingerprint density at radius 3 is 2.58 bits per heavy atom. The third kappa shape index (κ3) is 1.03. The Morgan fingerprint density at radius 2 is 2.00 bits per heavy atom. The SMILES string of the molecule is O=c1o[nH]nc1-c1ccccc1. The molecule has 4 nitrogen and oxygen atoms in total. The van der Waals surface area contributed by atoms with E-state index in [1.807, 2.05) is 18.2 Å². The summed E-state index contributed by atoms with van der Waals surface area (Å²) in [5.41, 5.74) is 0.629. The molecule has 1 aromatic heterocycles. The first-order valence-electron chi connectivity index (χ1n) is 3.47. The van der Waals surface area contributed by atoms with Crippen LogP contribution in [-0.2, 0) is 0 Å². The standard InChI is InChI=1S/C8H6N2O2/c11-8-7(9-10-12-8)6-4-2-1-3-5-6/h1-5,10H. The summed E-state index contributed by atoms with van der Waals surface area (Å²) >= 11 is 0. The lowest BCUT2D eigenvalue weighted by Crippen LogP contribution is -1.96. The van der Waals surface area contributed by atoms with Crippen molar-refractivity contribution in [3.05, 3.63) is 40.8 Å². The Bertz CT molecular complexity index is 416. The van der Waals surface area contributed by atoms with Gasteiger partial charge in [-0.15, -0.1) is 10.4 Å². The molecule has 0 aliphatic heterocycles. The maximum atomic E-state index is 11.0. The van der Waals surface area contributed by atoms with Gasteiger partial charge in [-0.1, -0.05) is 30.3 Å². The van der Waals surface area contributed by atoms with Crippen LogP contribution in [0.4, 0.5) is 0 Å². The van der Waals surface area contributed by atoms with Crippen LogP contribution in [0, 0.1) is 0 Å². The zero-order valence-corrected chi connectivity index (χ0v) is 6.15. The Hall–Kier alpha value is -1.84. The van der Waals surface area contributed by atoms with Crippen molar-refractivity contribution in [1.29, 1.82) is 0 Å². The number of aromatic amines is 1. The first-order chi connectivity index (χ1) is 5.88. The van der Waals surface area contributed by atoms with Crippen LogP contribution in [0.2, 0.25) is 0 Å². The summed E-state index contributed by atoms with van der Waals surface area (Å²) in [6.45, 7) is 0. The van der Waals surface area contributed by atoms with Crippen molar-refractivity contribution in [1.82, 2.24) is 10.4 Å². The molecule has 0 spiro atoms. The molecule has 0 saturated heterocycles. The van der Waals surface area contributed by atoms with Crippen molar-refractivity contribution in [2.24, 2.45) is 0 Å². The molecule has 1 N–H and O–H groups in total. The maximum Gasteiger partial charge on any atom is 0.385 e. The van der Waals surface area contributed by atoms with Gasteiger partial charge in [0.05, 0.1) is 0 Å². The molecule has 2 rings (SSSR count). The highest BCUT2D eigenvalue weighted by Crippen LogP contribution is 2.10. The summed E-state index contributed by atoms with van der Waals surface area (Å²) in [6, 6.07) is 9.14. The summed E-state index contributed by atoms with van der Waals surface area (Å²) in [7, 11) is 0. The normalized spacial score (nSPS) is 10.0. The van der Waals surface area contributed by atoms with E-state index in [0.717, 1.165) is 5.56 Å². The molecule has 0 unspecified atom stereocenters. The second kappa shape index (κ2) is 2.65. The minimum absolute atomic E-state index is 0.315. The van der Waals surface area contributed by atoms with Gasteiger partial charge in [0.25, 0.3) is 0 Å². The third-order valence-electron chi connectivity index (χ3n) is 1.54. The Morgan fingerprint density at radius 1 is 1.25 bits per heavy atom. The molecule has 2 aromatic rings. The number of hydrogen-bond acceptors (Lipinski definition) is 3. The van der Waals surface area contributed by atoms with E-state index in [0.29, 0.717) is 5.69 Å². The lowest BCUT2D eigenvalue weighted by molar-refractivity contribution is 0.368. The van der Waals surface area contributed by atoms with Crippen LogP contribution in [-0.4, -0.2) is 10.4 Å². The fraction of sp³-hybridized carbons (Fsp3) is 0. The van der Waals surface area contributed by atoms with Crippen LogP contribution in [0.3, 0.4) is 0 Å². The van der Waals surface area contributed by atoms with Gasteiger partial charge in [-0.25, -0.2) is 4.79 Å². The van der Waals surface area contributed by atoms with Crippen LogP contribution >= 0.6 is 0 Å². The van der Waals surface area contributed by atoms with Gasteiger partial charge in [0, 0.05) is 5.56 Å². The van der Waals surface area contributed by atoms with Crippen molar-refractivity contribution >= 4 is 0 Å². The minimum atomic E-state index is -0.443. The van der Waals surface area contributed by atoms with Crippen molar-refractivity contribution < 1.29 is 4.52 Å². The predicted octanol–water partition coefficient (Wildman–Crippen LogP) is 1.03. The van der Waals surface area contributed by atoms with Crippen LogP contribution in [0.5, 0.6) is 0 Å². The van der Waals surface area contributed by atoms with Gasteiger partial charge in [0.1, 0.15) is 0 Å². The van der Waals surface area contributed by atoms with Crippen molar-refractivity contribution in [2.75, 3.05) is 0 Å². The zero-order valence-electron chi connectivity index (χ0n) is 6.15. The second-order valence-corrected chi connectivity index (χ2v) is 2.31. The number of benzene rings is 1. The number of aromatic nitrogens is 2. The molecule has 0 fully saturated rings. The molecular weight excluding hydrogens is 156 g/mol. The lowest BCUT2D eigenvalue weighted by Gasteiger charge is -1.89. The summed E-state index contributed by atoms with van der Waals surface area (Å²) in [5, 5.41) is 5.84. The molecule has 0 amide bonds. The molecule has 0 aliphatic carbocycles. The second-order valence-electron chi connectivity index (χ2n) is 2.31. The first-order valence-corrected chi connectivity index (χ1v) is 3.47. The van der Waals surface area contributed by atoms with E-state index in [9.17, 15) is 4.79 Å². The average molecular weight is 162 g/mol. The van der Waals surface area contributed by atoms with Crippen LogP contribution in [0.15, 0.2) is 39.6 Å². The third-order valence-corrected chi connectivity index (χ3v) is 1.54. The molecule has 0 radical (unpaired) electrons. The first kappa shape index (κ1) is 6.84. The van der Waals surface area contributed by atoms with Gasteiger partial charge in [0.15, 0.2) is 5.69 Å². The van der Waals surface area contributed by atoms with Crippen LogP contribution < -0.4 is 5.63 Å². The van der Waals surface area contributed by atoms with E-state index in [1.54, 1.807) is 12.1 Å². The minimum Gasteiger partial charge on any atom is -0.319 e. The number of H-pyrrole nitrogens is 1. The highest BCUT2D eigenvalue weighted by Gasteiger charge is 2.05. The smallest absolute Gasteiger partial charge is 0.319 e.